The molecule has 4 aliphatic rings. The van der Waals surface area contributed by atoms with Crippen LogP contribution in [0.2, 0.25) is 5.02 Å². The number of likely N-dealkylation sites (tertiary alicyclic amines) is 1. The number of hydrogen-bond donors (Lipinski definition) is 2. The van der Waals surface area contributed by atoms with Crippen LogP contribution in [-0.2, 0) is 23.9 Å². The number of methoxy groups -OCH3 is 1. The number of benzene rings is 1. The third kappa shape index (κ3) is 7.97. The van der Waals surface area contributed by atoms with Gasteiger partial charge in [-0.2, -0.15) is 0 Å². The van der Waals surface area contributed by atoms with E-state index < -0.39 is 70.6 Å². The molecule has 2 N–H and O–H groups in total. The predicted octanol–water partition coefficient (Wildman–Crippen LogP) is 8.29. The first kappa shape index (κ1) is 42.0. The summed E-state index contributed by atoms with van der Waals surface area (Å²) in [6.07, 6.45) is -0.700. The van der Waals surface area contributed by atoms with Crippen LogP contribution in [0.1, 0.15) is 86.5 Å². The Labute approximate surface area is 345 Å². The molecule has 2 aromatic heterocycles. The average molecular weight is 845 g/mol. The minimum absolute atomic E-state index is 0.0304. The number of alkyl halides is 2. The number of halogens is 3. The zero-order chi connectivity index (χ0) is 42.1. The lowest BCUT2D eigenvalue weighted by molar-refractivity contribution is -0.157. The van der Waals surface area contributed by atoms with Gasteiger partial charge in [-0.1, -0.05) is 45.7 Å². The van der Waals surface area contributed by atoms with E-state index in [2.05, 4.69) is 5.32 Å². The number of anilines is 1. The zero-order valence-electron chi connectivity index (χ0n) is 33.8. The number of pyridine rings is 1. The number of ketones is 1. The van der Waals surface area contributed by atoms with Crippen molar-refractivity contribution in [3.8, 4) is 22.9 Å². The van der Waals surface area contributed by atoms with Crippen molar-refractivity contribution in [2.75, 3.05) is 19.0 Å². The van der Waals surface area contributed by atoms with Crippen molar-refractivity contribution >= 4 is 62.6 Å². The summed E-state index contributed by atoms with van der Waals surface area (Å²) in [5, 5.41) is 16.9. The fourth-order valence-corrected chi connectivity index (χ4v) is 10.2. The second-order valence-corrected chi connectivity index (χ2v) is 19.0. The Hall–Kier alpha value is -4.11. The molecule has 1 amide bonds. The van der Waals surface area contributed by atoms with Gasteiger partial charge in [0, 0.05) is 47.6 Å². The normalized spacial score (nSPS) is 27.6. The lowest BCUT2D eigenvalue weighted by Gasteiger charge is -2.35. The van der Waals surface area contributed by atoms with Crippen molar-refractivity contribution in [3.63, 3.8) is 0 Å². The number of carboxylic acids is 1. The Morgan fingerprint density at radius 2 is 1.78 bits per heavy atom. The van der Waals surface area contributed by atoms with Gasteiger partial charge in [0.05, 0.1) is 48.7 Å². The van der Waals surface area contributed by atoms with Crippen LogP contribution in [0.25, 0.3) is 22.3 Å². The quantitative estimate of drug-likeness (QED) is 0.142. The molecule has 4 fully saturated rings. The number of Topliss-reactive ketones (excluding diaryl/α,β-unsaturated/α-hetero) is 1. The molecule has 0 bridgehead atoms. The van der Waals surface area contributed by atoms with Gasteiger partial charge in [-0.15, -0.1) is 11.3 Å². The fraction of sp³-hybridized carbons (Fsp3) is 0.619. The maximum Gasteiger partial charge on any atom is 0.310 e. The van der Waals surface area contributed by atoms with Gasteiger partial charge in [-0.05, 0) is 56.6 Å². The third-order valence-electron chi connectivity index (χ3n) is 12.5. The first-order valence-corrected chi connectivity index (χ1v) is 21.2. The Kier molecular flexibility index (Phi) is 11.2. The maximum atomic E-state index is 14.7. The first-order chi connectivity index (χ1) is 27.3. The number of fused-ring (bicyclic) bond motifs is 2. The van der Waals surface area contributed by atoms with Crippen LogP contribution in [0.3, 0.4) is 0 Å². The number of hydrogen-bond acceptors (Lipinski definition) is 11. The predicted molar refractivity (Wildman–Crippen MR) is 214 cm³/mol. The van der Waals surface area contributed by atoms with Crippen LogP contribution in [0.5, 0.6) is 11.5 Å². The Bertz CT molecular complexity index is 2110. The van der Waals surface area contributed by atoms with Crippen LogP contribution in [0, 0.1) is 34.5 Å². The molecule has 3 heterocycles. The van der Waals surface area contributed by atoms with E-state index >= 15 is 0 Å². The number of aromatic nitrogens is 2. The second-order valence-electron chi connectivity index (χ2n) is 17.8. The van der Waals surface area contributed by atoms with Crippen molar-refractivity contribution in [2.45, 2.75) is 117 Å². The molecular weight excluding hydrogens is 794 g/mol. The summed E-state index contributed by atoms with van der Waals surface area (Å²) in [5.41, 5.74) is -0.527. The lowest BCUT2D eigenvalue weighted by atomic mass is 9.77. The van der Waals surface area contributed by atoms with Gasteiger partial charge in [-0.25, -0.2) is 18.7 Å². The molecule has 3 aliphatic carbocycles. The standard InChI is InChI=1S/C42H51ClF2N4O8S/c1-8-21-16-41(21,38(53)54)17-31(50)30-13-23(18-49(30)37(52)27(40(4,5)6)14-34(51)57-22-11-25-26(12-22)42(25,44)45)56-33-15-28(29-19-58-39(48-29)46-20(2)3)47-36-24(33)9-10-32(55-7)35(36)43/h9-10,15,19-23,25-27,30H,8,11-14,16-18H2,1-7H3,(H,46,48)(H,53,54)/t21-,22?,23-,25-,26+,27?,30+,41-/m1/s1. The van der Waals surface area contributed by atoms with E-state index in [0.29, 0.717) is 51.8 Å². The summed E-state index contributed by atoms with van der Waals surface area (Å²) in [5.74, 6) is -7.14. The highest BCUT2D eigenvalue weighted by molar-refractivity contribution is 7.14. The smallest absolute Gasteiger partial charge is 0.310 e. The van der Waals surface area contributed by atoms with E-state index in [9.17, 15) is 33.1 Å². The molecule has 2 unspecified atom stereocenters. The monoisotopic (exact) mass is 844 g/mol. The molecule has 16 heteroatoms. The minimum atomic E-state index is -2.71. The summed E-state index contributed by atoms with van der Waals surface area (Å²) in [6, 6.07) is 4.33. The topological polar surface area (TPSA) is 157 Å². The Morgan fingerprint density at radius 3 is 2.38 bits per heavy atom. The molecule has 1 aromatic carbocycles. The van der Waals surface area contributed by atoms with Gasteiger partial charge in [-0.3, -0.25) is 19.2 Å². The Balaban J connectivity index is 1.19. The average Bonchev–Trinajstić information content (AvgIpc) is 3.58. The summed E-state index contributed by atoms with van der Waals surface area (Å²) < 4.78 is 45.5. The molecular formula is C42H51ClF2N4O8S. The van der Waals surface area contributed by atoms with Crippen LogP contribution >= 0.6 is 22.9 Å². The number of carbonyl (C=O) groups excluding carboxylic acids is 3. The number of carbonyl (C=O) groups is 4. The van der Waals surface area contributed by atoms with Gasteiger partial charge >= 0.3 is 11.9 Å². The number of aliphatic carboxylic acids is 1. The van der Waals surface area contributed by atoms with Gasteiger partial charge < -0.3 is 29.5 Å². The van der Waals surface area contributed by atoms with Crippen LogP contribution in [0.4, 0.5) is 13.9 Å². The fourth-order valence-electron chi connectivity index (χ4n) is 9.04. The van der Waals surface area contributed by atoms with Gasteiger partial charge in [0.1, 0.15) is 34.4 Å². The number of carboxylic acid groups (broad SMARTS) is 1. The van der Waals surface area contributed by atoms with E-state index in [0.717, 1.165) is 0 Å². The van der Waals surface area contributed by atoms with Crippen molar-refractivity contribution in [2.24, 2.45) is 34.5 Å². The van der Waals surface area contributed by atoms with Crippen molar-refractivity contribution in [1.29, 1.82) is 0 Å². The zero-order valence-corrected chi connectivity index (χ0v) is 35.3. The number of ether oxygens (including phenoxy) is 3. The largest absolute Gasteiger partial charge is 0.495 e. The molecule has 0 spiro atoms. The minimum Gasteiger partial charge on any atom is -0.495 e. The molecule has 0 radical (unpaired) electrons. The number of thiazole rings is 1. The molecule has 12 nitrogen and oxygen atoms in total. The van der Waals surface area contributed by atoms with Crippen molar-refractivity contribution < 1.29 is 47.3 Å². The summed E-state index contributed by atoms with van der Waals surface area (Å²) in [4.78, 5) is 65.9. The molecule has 1 saturated heterocycles. The third-order valence-corrected chi connectivity index (χ3v) is 13.6. The van der Waals surface area contributed by atoms with Crippen molar-refractivity contribution in [3.05, 3.63) is 28.6 Å². The number of nitrogens with zero attached hydrogens (tertiary/aromatic N) is 3. The van der Waals surface area contributed by atoms with Crippen LogP contribution in [-0.4, -0.2) is 87.5 Å². The molecule has 3 saturated carbocycles. The molecule has 58 heavy (non-hydrogen) atoms. The van der Waals surface area contributed by atoms with E-state index in [-0.39, 0.29) is 61.4 Å². The molecule has 8 atom stereocenters. The summed E-state index contributed by atoms with van der Waals surface area (Å²) in [6.45, 7) is 11.3. The van der Waals surface area contributed by atoms with Gasteiger partial charge in [0.25, 0.3) is 5.92 Å². The SMILES string of the molecule is CC[C@@H]1C[C@]1(CC(=O)[C@@H]1C[C@@H](Oc2cc(-c3csc(NC(C)C)n3)nc3c(Cl)c(OC)ccc23)CN1C(=O)C(CC(=O)OC1C[C@@H]2[C@H](C1)C2(F)F)C(C)(C)C)C(=O)O. The summed E-state index contributed by atoms with van der Waals surface area (Å²) in [7, 11) is 1.50. The molecule has 1 aliphatic heterocycles. The van der Waals surface area contributed by atoms with Gasteiger partial charge in [0.2, 0.25) is 5.91 Å². The van der Waals surface area contributed by atoms with E-state index in [1.54, 1.807) is 18.2 Å². The second kappa shape index (κ2) is 15.5. The highest BCUT2D eigenvalue weighted by atomic mass is 35.5. The first-order valence-electron chi connectivity index (χ1n) is 20.0. The van der Waals surface area contributed by atoms with E-state index in [4.69, 9.17) is 35.8 Å². The van der Waals surface area contributed by atoms with Crippen molar-refractivity contribution in [1.82, 2.24) is 14.9 Å². The summed E-state index contributed by atoms with van der Waals surface area (Å²) >= 11 is 8.24. The number of esters is 1. The lowest BCUT2D eigenvalue weighted by Crippen LogP contribution is -2.48. The molecule has 314 valence electrons. The molecule has 3 aromatic rings. The van der Waals surface area contributed by atoms with Crippen LogP contribution in [0.15, 0.2) is 23.6 Å². The van der Waals surface area contributed by atoms with Gasteiger partial charge in [0.15, 0.2) is 10.9 Å². The number of nitrogens with one attached hydrogen (secondary N) is 1. The highest BCUT2D eigenvalue weighted by Crippen LogP contribution is 2.64. The number of amides is 1. The van der Waals surface area contributed by atoms with E-state index in [1.165, 1.54) is 23.3 Å². The Morgan fingerprint density at radius 1 is 1.07 bits per heavy atom. The highest BCUT2D eigenvalue weighted by Gasteiger charge is 2.72. The maximum absolute atomic E-state index is 14.7. The van der Waals surface area contributed by atoms with E-state index in [1.807, 2.05) is 46.9 Å². The molecule has 7 rings (SSSR count). The number of rotatable bonds is 15. The van der Waals surface area contributed by atoms with Crippen LogP contribution < -0.4 is 14.8 Å².